The third-order valence-corrected chi connectivity index (χ3v) is 1.34. The topological polar surface area (TPSA) is 47.8 Å². The fraction of sp³-hybridized carbons (Fsp3) is 0.714. The molecule has 2 N–H and O–H groups in total. The SMILES string of the molecule is C=C(C)C1O[C@@H]1OCCN. The lowest BCUT2D eigenvalue weighted by molar-refractivity contribution is 0.0554. The summed E-state index contributed by atoms with van der Waals surface area (Å²) >= 11 is 0. The molecule has 3 heteroatoms. The second kappa shape index (κ2) is 3.14. The zero-order chi connectivity index (χ0) is 7.56. The van der Waals surface area contributed by atoms with Crippen LogP contribution in [-0.2, 0) is 9.47 Å². The van der Waals surface area contributed by atoms with E-state index in [1.165, 1.54) is 0 Å². The van der Waals surface area contributed by atoms with Crippen LogP contribution in [-0.4, -0.2) is 25.5 Å². The highest BCUT2D eigenvalue weighted by Gasteiger charge is 2.40. The van der Waals surface area contributed by atoms with Gasteiger partial charge in [-0.3, -0.25) is 0 Å². The van der Waals surface area contributed by atoms with Crippen molar-refractivity contribution in [3.63, 3.8) is 0 Å². The largest absolute Gasteiger partial charge is 0.348 e. The van der Waals surface area contributed by atoms with Crippen molar-refractivity contribution in [1.29, 1.82) is 0 Å². The van der Waals surface area contributed by atoms with Gasteiger partial charge in [0.2, 0.25) is 0 Å². The Morgan fingerprint density at radius 3 is 2.90 bits per heavy atom. The molecule has 1 aliphatic rings. The maximum Gasteiger partial charge on any atom is 0.188 e. The molecule has 0 aromatic carbocycles. The minimum absolute atomic E-state index is 0.0685. The molecule has 0 aromatic rings. The molecule has 1 rings (SSSR count). The van der Waals surface area contributed by atoms with Crippen molar-refractivity contribution in [2.24, 2.45) is 5.73 Å². The Hall–Kier alpha value is -0.380. The van der Waals surface area contributed by atoms with E-state index in [1.54, 1.807) is 0 Å². The lowest BCUT2D eigenvalue weighted by Gasteiger charge is -1.94. The van der Waals surface area contributed by atoms with E-state index in [1.807, 2.05) is 6.92 Å². The molecular weight excluding hydrogens is 130 g/mol. The molecule has 2 atom stereocenters. The number of nitrogens with two attached hydrogens (primary N) is 1. The Morgan fingerprint density at radius 2 is 2.50 bits per heavy atom. The molecule has 0 amide bonds. The third-order valence-electron chi connectivity index (χ3n) is 1.34. The van der Waals surface area contributed by atoms with Crippen molar-refractivity contribution in [3.8, 4) is 0 Å². The standard InChI is InChI=1S/C7H13NO2/c1-5(2)6-7(10-6)9-4-3-8/h6-7H,1,3-4,8H2,2H3/t6?,7-/m0/s1. The molecule has 1 aliphatic heterocycles. The van der Waals surface area contributed by atoms with E-state index in [2.05, 4.69) is 6.58 Å². The predicted molar refractivity (Wildman–Crippen MR) is 38.5 cm³/mol. The summed E-state index contributed by atoms with van der Waals surface area (Å²) in [6, 6.07) is 0. The lowest BCUT2D eigenvalue weighted by atomic mass is 10.2. The molecule has 0 bridgehead atoms. The van der Waals surface area contributed by atoms with Crippen molar-refractivity contribution in [2.45, 2.75) is 19.3 Å². The maximum absolute atomic E-state index is 5.22. The molecule has 1 unspecified atom stereocenters. The van der Waals surface area contributed by atoms with Crippen LogP contribution in [0, 0.1) is 0 Å². The molecular formula is C7H13NO2. The molecule has 1 heterocycles. The molecule has 3 nitrogen and oxygen atoms in total. The first-order valence-electron chi connectivity index (χ1n) is 3.38. The maximum atomic E-state index is 5.22. The second-order valence-corrected chi connectivity index (χ2v) is 2.43. The molecule has 0 saturated carbocycles. The van der Waals surface area contributed by atoms with E-state index >= 15 is 0 Å². The molecule has 10 heavy (non-hydrogen) atoms. The molecule has 58 valence electrons. The van der Waals surface area contributed by atoms with Gasteiger partial charge in [0.1, 0.15) is 6.10 Å². The zero-order valence-corrected chi connectivity index (χ0v) is 6.17. The summed E-state index contributed by atoms with van der Waals surface area (Å²) in [6.45, 7) is 6.77. The van der Waals surface area contributed by atoms with Gasteiger partial charge in [0.05, 0.1) is 6.61 Å². The quantitative estimate of drug-likeness (QED) is 0.453. The van der Waals surface area contributed by atoms with Crippen LogP contribution >= 0.6 is 0 Å². The molecule has 0 aliphatic carbocycles. The van der Waals surface area contributed by atoms with Gasteiger partial charge in [-0.2, -0.15) is 0 Å². The van der Waals surface area contributed by atoms with Gasteiger partial charge >= 0.3 is 0 Å². The Balaban J connectivity index is 2.08. The van der Waals surface area contributed by atoms with Crippen molar-refractivity contribution in [1.82, 2.24) is 0 Å². The van der Waals surface area contributed by atoms with E-state index in [0.717, 1.165) is 5.57 Å². The summed E-state index contributed by atoms with van der Waals surface area (Å²) in [5, 5.41) is 0. The van der Waals surface area contributed by atoms with Gasteiger partial charge in [-0.25, -0.2) is 0 Å². The fourth-order valence-corrected chi connectivity index (χ4v) is 0.758. The Labute approximate surface area is 60.8 Å². The van der Waals surface area contributed by atoms with Crippen molar-refractivity contribution < 1.29 is 9.47 Å². The molecule has 1 fully saturated rings. The predicted octanol–water partition coefficient (Wildman–Crippen LogP) is 0.263. The minimum Gasteiger partial charge on any atom is -0.348 e. The van der Waals surface area contributed by atoms with Gasteiger partial charge < -0.3 is 15.2 Å². The van der Waals surface area contributed by atoms with Crippen LogP contribution in [0.25, 0.3) is 0 Å². The van der Waals surface area contributed by atoms with Gasteiger partial charge in [0.25, 0.3) is 0 Å². The second-order valence-electron chi connectivity index (χ2n) is 2.43. The smallest absolute Gasteiger partial charge is 0.188 e. The van der Waals surface area contributed by atoms with Crippen LogP contribution < -0.4 is 5.73 Å². The van der Waals surface area contributed by atoms with E-state index < -0.39 is 0 Å². The summed E-state index contributed by atoms with van der Waals surface area (Å²) < 4.78 is 10.3. The number of rotatable bonds is 4. The average Bonchev–Trinajstić information content (AvgIpc) is 2.62. The molecule has 0 spiro atoms. The zero-order valence-electron chi connectivity index (χ0n) is 6.17. The number of ether oxygens (including phenoxy) is 2. The number of hydrogen-bond acceptors (Lipinski definition) is 3. The first kappa shape index (κ1) is 7.72. The van der Waals surface area contributed by atoms with Crippen molar-refractivity contribution in [2.75, 3.05) is 13.2 Å². The third kappa shape index (κ3) is 1.80. The Bertz CT molecular complexity index is 136. The summed E-state index contributed by atoms with van der Waals surface area (Å²) in [6.07, 6.45) is 0.0487. The monoisotopic (exact) mass is 143 g/mol. The summed E-state index contributed by atoms with van der Waals surface area (Å²) in [7, 11) is 0. The lowest BCUT2D eigenvalue weighted by Crippen LogP contribution is -2.11. The van der Waals surface area contributed by atoms with E-state index in [4.69, 9.17) is 15.2 Å². The van der Waals surface area contributed by atoms with E-state index in [-0.39, 0.29) is 12.4 Å². The van der Waals surface area contributed by atoms with Gasteiger partial charge in [0.15, 0.2) is 6.29 Å². The van der Waals surface area contributed by atoms with Gasteiger partial charge in [-0.1, -0.05) is 6.58 Å². The van der Waals surface area contributed by atoms with Crippen LogP contribution in [0.2, 0.25) is 0 Å². The Kier molecular flexibility index (Phi) is 2.43. The van der Waals surface area contributed by atoms with Crippen LogP contribution in [0.15, 0.2) is 12.2 Å². The van der Waals surface area contributed by atoms with Crippen LogP contribution in [0.3, 0.4) is 0 Å². The number of hydrogen-bond donors (Lipinski definition) is 1. The Morgan fingerprint density at radius 1 is 1.80 bits per heavy atom. The molecule has 0 aromatic heterocycles. The van der Waals surface area contributed by atoms with E-state index in [9.17, 15) is 0 Å². The minimum atomic E-state index is -0.0685. The van der Waals surface area contributed by atoms with Crippen molar-refractivity contribution >= 4 is 0 Å². The summed E-state index contributed by atoms with van der Waals surface area (Å²) in [5.74, 6) is 0. The van der Waals surface area contributed by atoms with Crippen LogP contribution in [0.1, 0.15) is 6.92 Å². The average molecular weight is 143 g/mol. The van der Waals surface area contributed by atoms with Crippen molar-refractivity contribution in [3.05, 3.63) is 12.2 Å². The highest BCUT2D eigenvalue weighted by atomic mass is 16.8. The van der Waals surface area contributed by atoms with Crippen LogP contribution in [0.5, 0.6) is 0 Å². The van der Waals surface area contributed by atoms with Gasteiger partial charge in [-0.15, -0.1) is 0 Å². The first-order valence-corrected chi connectivity index (χ1v) is 3.38. The van der Waals surface area contributed by atoms with Gasteiger partial charge in [-0.05, 0) is 12.5 Å². The molecule has 1 saturated heterocycles. The van der Waals surface area contributed by atoms with Crippen LogP contribution in [0.4, 0.5) is 0 Å². The summed E-state index contributed by atoms with van der Waals surface area (Å²) in [5.41, 5.74) is 6.24. The highest BCUT2D eigenvalue weighted by molar-refractivity contribution is 5.06. The fourth-order valence-electron chi connectivity index (χ4n) is 0.758. The van der Waals surface area contributed by atoms with E-state index in [0.29, 0.717) is 13.2 Å². The van der Waals surface area contributed by atoms with Gasteiger partial charge in [0, 0.05) is 6.54 Å². The number of epoxide rings is 1. The molecule has 0 radical (unpaired) electrons. The first-order chi connectivity index (χ1) is 4.75. The summed E-state index contributed by atoms with van der Waals surface area (Å²) in [4.78, 5) is 0. The highest BCUT2D eigenvalue weighted by Crippen LogP contribution is 2.28. The normalized spacial score (nSPS) is 30.2.